The average molecular weight is 403 g/mol. The zero-order valence-corrected chi connectivity index (χ0v) is 15.9. The number of aromatic amines is 1. The molecule has 0 radical (unpaired) electrons. The molecule has 0 aliphatic carbocycles. The van der Waals surface area contributed by atoms with Gasteiger partial charge in [-0.15, -0.1) is 0 Å². The molecular formula is C19H19F2N5O3. The lowest BCUT2D eigenvalue weighted by Gasteiger charge is -2.32. The lowest BCUT2D eigenvalue weighted by molar-refractivity contribution is 0.0699. The fourth-order valence-corrected chi connectivity index (χ4v) is 3.75. The van der Waals surface area contributed by atoms with Gasteiger partial charge in [0.2, 0.25) is 0 Å². The number of benzene rings is 1. The second-order valence-corrected chi connectivity index (χ2v) is 7.24. The number of fused-ring (bicyclic) bond motifs is 1. The Labute approximate surface area is 163 Å². The number of nitrogens with one attached hydrogen (secondary N) is 1. The maximum Gasteiger partial charge on any atom is 0.332 e. The van der Waals surface area contributed by atoms with Crippen molar-refractivity contribution in [2.24, 2.45) is 14.1 Å². The molecule has 1 aliphatic rings. The number of hydrogen-bond donors (Lipinski definition) is 1. The maximum absolute atomic E-state index is 14.0. The average Bonchev–Trinajstić information content (AvgIpc) is 3.18. The molecule has 1 fully saturated rings. The van der Waals surface area contributed by atoms with Crippen LogP contribution in [-0.4, -0.2) is 43.0 Å². The van der Waals surface area contributed by atoms with E-state index in [1.165, 1.54) is 23.6 Å². The van der Waals surface area contributed by atoms with Crippen LogP contribution in [0.4, 0.5) is 8.78 Å². The Balaban J connectivity index is 1.67. The summed E-state index contributed by atoms with van der Waals surface area (Å²) < 4.78 is 29.7. The molecule has 1 aliphatic heterocycles. The fraction of sp³-hybridized carbons (Fsp3) is 0.368. The molecule has 0 bridgehead atoms. The lowest BCUT2D eigenvalue weighted by atomic mass is 9.96. The van der Waals surface area contributed by atoms with E-state index in [2.05, 4.69) is 9.97 Å². The number of halogens is 2. The second-order valence-electron chi connectivity index (χ2n) is 7.24. The van der Waals surface area contributed by atoms with Crippen LogP contribution >= 0.6 is 0 Å². The van der Waals surface area contributed by atoms with Crippen LogP contribution in [0.2, 0.25) is 0 Å². The highest BCUT2D eigenvalue weighted by Crippen LogP contribution is 2.27. The molecule has 1 N–H and O–H groups in total. The van der Waals surface area contributed by atoms with Crippen LogP contribution in [0.5, 0.6) is 0 Å². The highest BCUT2D eigenvalue weighted by molar-refractivity contribution is 5.94. The summed E-state index contributed by atoms with van der Waals surface area (Å²) in [5.74, 6) is -1.80. The summed E-state index contributed by atoms with van der Waals surface area (Å²) in [7, 11) is 2.91. The van der Waals surface area contributed by atoms with Crippen molar-refractivity contribution in [3.8, 4) is 0 Å². The van der Waals surface area contributed by atoms with Crippen molar-refractivity contribution in [1.29, 1.82) is 0 Å². The van der Waals surface area contributed by atoms with E-state index in [0.717, 1.165) is 22.8 Å². The number of H-pyrrole nitrogens is 1. The second kappa shape index (κ2) is 6.94. The molecular weight excluding hydrogens is 384 g/mol. The number of carbonyl (C=O) groups is 1. The van der Waals surface area contributed by atoms with Gasteiger partial charge in [-0.25, -0.2) is 18.6 Å². The van der Waals surface area contributed by atoms with Crippen LogP contribution in [-0.2, 0) is 14.1 Å². The first-order valence-corrected chi connectivity index (χ1v) is 9.18. The van der Waals surface area contributed by atoms with Gasteiger partial charge in [-0.1, -0.05) is 0 Å². The summed E-state index contributed by atoms with van der Waals surface area (Å²) in [6.45, 7) is 0.647. The van der Waals surface area contributed by atoms with Crippen LogP contribution in [0.15, 0.2) is 27.8 Å². The van der Waals surface area contributed by atoms with E-state index in [1.807, 2.05) is 0 Å². The standard InChI is InChI=1S/C19H19F2N5O3/c1-24-16-14(18(28)25(2)19(24)29)22-15(23-16)10-4-3-7-26(9-10)17(27)12-8-11(20)5-6-13(12)21/h5-6,8,10H,3-4,7,9H2,1-2H3,(H,22,23). The molecule has 3 aromatic rings. The summed E-state index contributed by atoms with van der Waals surface area (Å²) in [4.78, 5) is 46.0. The van der Waals surface area contributed by atoms with Gasteiger partial charge in [0.15, 0.2) is 5.65 Å². The normalized spacial score (nSPS) is 17.1. The smallest absolute Gasteiger partial charge is 0.332 e. The van der Waals surface area contributed by atoms with Crippen molar-refractivity contribution in [3.63, 3.8) is 0 Å². The first-order chi connectivity index (χ1) is 13.8. The van der Waals surface area contributed by atoms with E-state index in [1.54, 1.807) is 0 Å². The van der Waals surface area contributed by atoms with Gasteiger partial charge in [-0.3, -0.25) is 18.7 Å². The van der Waals surface area contributed by atoms with Gasteiger partial charge in [0.05, 0.1) is 5.56 Å². The van der Waals surface area contributed by atoms with Gasteiger partial charge in [-0.2, -0.15) is 0 Å². The van der Waals surface area contributed by atoms with E-state index in [4.69, 9.17) is 0 Å². The van der Waals surface area contributed by atoms with Crippen molar-refractivity contribution in [1.82, 2.24) is 24.0 Å². The van der Waals surface area contributed by atoms with Crippen LogP contribution in [0.25, 0.3) is 11.2 Å². The predicted molar refractivity (Wildman–Crippen MR) is 101 cm³/mol. The molecule has 0 spiro atoms. The summed E-state index contributed by atoms with van der Waals surface area (Å²) in [5.41, 5.74) is -0.821. The predicted octanol–water partition coefficient (Wildman–Crippen LogP) is 1.26. The number of likely N-dealkylation sites (tertiary alicyclic amines) is 1. The zero-order valence-electron chi connectivity index (χ0n) is 15.9. The van der Waals surface area contributed by atoms with Crippen LogP contribution in [0.3, 0.4) is 0 Å². The minimum atomic E-state index is -0.777. The quantitative estimate of drug-likeness (QED) is 0.697. The molecule has 29 heavy (non-hydrogen) atoms. The lowest BCUT2D eigenvalue weighted by Crippen LogP contribution is -2.39. The molecule has 1 aromatic carbocycles. The minimum absolute atomic E-state index is 0.212. The molecule has 10 heteroatoms. The number of rotatable bonds is 2. The van der Waals surface area contributed by atoms with Crippen molar-refractivity contribution < 1.29 is 13.6 Å². The Morgan fingerprint density at radius 2 is 1.97 bits per heavy atom. The Morgan fingerprint density at radius 1 is 1.21 bits per heavy atom. The van der Waals surface area contributed by atoms with E-state index in [-0.39, 0.29) is 29.2 Å². The number of aryl methyl sites for hydroxylation is 1. The molecule has 3 heterocycles. The van der Waals surface area contributed by atoms with Crippen molar-refractivity contribution in [2.75, 3.05) is 13.1 Å². The topological polar surface area (TPSA) is 93.0 Å². The van der Waals surface area contributed by atoms with Gasteiger partial charge in [0.25, 0.3) is 11.5 Å². The summed E-state index contributed by atoms with van der Waals surface area (Å²) in [6, 6.07) is 2.78. The summed E-state index contributed by atoms with van der Waals surface area (Å²) in [5, 5.41) is 0. The molecule has 1 unspecified atom stereocenters. The number of piperidine rings is 1. The highest BCUT2D eigenvalue weighted by Gasteiger charge is 2.29. The van der Waals surface area contributed by atoms with E-state index in [0.29, 0.717) is 25.2 Å². The third-order valence-electron chi connectivity index (χ3n) is 5.37. The van der Waals surface area contributed by atoms with Crippen molar-refractivity contribution in [3.05, 3.63) is 62.1 Å². The van der Waals surface area contributed by atoms with Gasteiger partial charge < -0.3 is 9.88 Å². The molecule has 4 rings (SSSR count). The molecule has 0 saturated carbocycles. The Kier molecular flexibility index (Phi) is 4.56. The number of aromatic nitrogens is 4. The first-order valence-electron chi connectivity index (χ1n) is 9.18. The van der Waals surface area contributed by atoms with E-state index < -0.39 is 28.8 Å². The maximum atomic E-state index is 14.0. The third-order valence-corrected chi connectivity index (χ3v) is 5.37. The third kappa shape index (κ3) is 3.14. The van der Waals surface area contributed by atoms with Crippen LogP contribution in [0.1, 0.15) is 34.9 Å². The molecule has 1 saturated heterocycles. The zero-order chi connectivity index (χ0) is 20.9. The van der Waals surface area contributed by atoms with Gasteiger partial charge >= 0.3 is 5.69 Å². The molecule has 8 nitrogen and oxygen atoms in total. The van der Waals surface area contributed by atoms with Crippen molar-refractivity contribution in [2.45, 2.75) is 18.8 Å². The summed E-state index contributed by atoms with van der Waals surface area (Å²) >= 11 is 0. The van der Waals surface area contributed by atoms with E-state index >= 15 is 0 Å². The number of carbonyl (C=O) groups excluding carboxylic acids is 1. The fourth-order valence-electron chi connectivity index (χ4n) is 3.75. The van der Waals surface area contributed by atoms with Crippen LogP contribution in [0, 0.1) is 11.6 Å². The molecule has 2 aromatic heterocycles. The van der Waals surface area contributed by atoms with Crippen LogP contribution < -0.4 is 11.2 Å². The highest BCUT2D eigenvalue weighted by atomic mass is 19.1. The molecule has 152 valence electrons. The van der Waals surface area contributed by atoms with E-state index in [9.17, 15) is 23.2 Å². The molecule has 1 atom stereocenters. The Morgan fingerprint density at radius 3 is 2.72 bits per heavy atom. The number of hydrogen-bond acceptors (Lipinski definition) is 4. The number of imidazole rings is 1. The monoisotopic (exact) mass is 403 g/mol. The van der Waals surface area contributed by atoms with Crippen molar-refractivity contribution >= 4 is 17.1 Å². The molecule has 1 amide bonds. The first kappa shape index (κ1) is 19.0. The minimum Gasteiger partial charge on any atom is -0.338 e. The van der Waals surface area contributed by atoms with Gasteiger partial charge in [0, 0.05) is 33.1 Å². The Bertz CT molecular complexity index is 1240. The Hall–Kier alpha value is -3.30. The summed E-state index contributed by atoms with van der Waals surface area (Å²) in [6.07, 6.45) is 1.34. The van der Waals surface area contributed by atoms with Gasteiger partial charge in [-0.05, 0) is 31.0 Å². The SMILES string of the molecule is Cn1c(=O)c2[nH]c(C3CCCN(C(=O)c4cc(F)ccc4F)C3)nc2n(C)c1=O. The van der Waals surface area contributed by atoms with Gasteiger partial charge in [0.1, 0.15) is 23.0 Å². The number of nitrogens with zero attached hydrogens (tertiary/aromatic N) is 4. The largest absolute Gasteiger partial charge is 0.338 e. The number of amides is 1.